The van der Waals surface area contributed by atoms with Gasteiger partial charge >= 0.3 is 5.97 Å². The van der Waals surface area contributed by atoms with Gasteiger partial charge in [-0.05, 0) is 44.7 Å². The molecule has 1 aromatic heterocycles. The molecule has 0 aliphatic carbocycles. The maximum atomic E-state index is 12.5. The van der Waals surface area contributed by atoms with Crippen molar-refractivity contribution in [3.63, 3.8) is 0 Å². The van der Waals surface area contributed by atoms with Crippen LogP contribution in [0.25, 0.3) is 0 Å². The third-order valence-corrected chi connectivity index (χ3v) is 5.02. The molecule has 1 fully saturated rings. The van der Waals surface area contributed by atoms with Crippen molar-refractivity contribution < 1.29 is 14.3 Å². The number of nitrogens with one attached hydrogen (secondary N) is 1. The van der Waals surface area contributed by atoms with Crippen LogP contribution >= 0.6 is 0 Å². The van der Waals surface area contributed by atoms with Gasteiger partial charge in [-0.15, -0.1) is 0 Å². The fraction of sp³-hybridized carbons (Fsp3) is 0.455. The van der Waals surface area contributed by atoms with Crippen molar-refractivity contribution in [1.29, 1.82) is 0 Å². The van der Waals surface area contributed by atoms with Crippen LogP contribution in [0, 0.1) is 0 Å². The first-order valence-corrected chi connectivity index (χ1v) is 10.4. The summed E-state index contributed by atoms with van der Waals surface area (Å²) in [6.07, 6.45) is 2.33. The second-order valence-corrected chi connectivity index (χ2v) is 7.31. The summed E-state index contributed by atoms with van der Waals surface area (Å²) in [7, 11) is 2.14. The maximum Gasteiger partial charge on any atom is 0.342 e. The molecule has 0 saturated carbocycles. The Morgan fingerprint density at radius 1 is 1.10 bits per heavy atom. The van der Waals surface area contributed by atoms with Crippen LogP contribution in [0.2, 0.25) is 0 Å². The molecule has 1 saturated heterocycles. The first kappa shape index (κ1) is 21.7. The van der Waals surface area contributed by atoms with Crippen LogP contribution in [0.1, 0.15) is 47.5 Å². The highest BCUT2D eigenvalue weighted by Gasteiger charge is 2.21. The first-order valence-electron chi connectivity index (χ1n) is 10.4. The number of piperazine rings is 1. The van der Waals surface area contributed by atoms with Gasteiger partial charge in [0.15, 0.2) is 5.78 Å². The Bertz CT molecular complexity index is 877. The van der Waals surface area contributed by atoms with Crippen molar-refractivity contribution >= 4 is 29.1 Å². The molecule has 1 N–H and O–H groups in total. The maximum absolute atomic E-state index is 12.5. The summed E-state index contributed by atoms with van der Waals surface area (Å²) in [5, 5.41) is 3.12. The Labute approximate surface area is 177 Å². The molecule has 160 valence electrons. The average Bonchev–Trinajstić information content (AvgIpc) is 2.75. The van der Waals surface area contributed by atoms with Gasteiger partial charge in [-0.25, -0.2) is 14.8 Å². The lowest BCUT2D eigenvalue weighted by atomic mass is 10.1. The van der Waals surface area contributed by atoms with Crippen molar-refractivity contribution in [3.05, 3.63) is 41.7 Å². The Morgan fingerprint density at radius 2 is 1.80 bits per heavy atom. The van der Waals surface area contributed by atoms with Gasteiger partial charge in [0.1, 0.15) is 11.3 Å². The second kappa shape index (κ2) is 10.2. The third-order valence-electron chi connectivity index (χ3n) is 5.02. The van der Waals surface area contributed by atoms with Gasteiger partial charge in [0, 0.05) is 50.2 Å². The van der Waals surface area contributed by atoms with E-state index in [9.17, 15) is 9.59 Å². The number of Topliss-reactive ketones (excluding diaryl/α,β-unsaturated/α-hetero) is 1. The zero-order valence-corrected chi connectivity index (χ0v) is 17.9. The molecule has 1 aliphatic rings. The number of anilines is 3. The normalized spacial score (nSPS) is 14.4. The van der Waals surface area contributed by atoms with Crippen molar-refractivity contribution in [2.24, 2.45) is 0 Å². The Hall–Kier alpha value is -3.00. The van der Waals surface area contributed by atoms with E-state index in [4.69, 9.17) is 4.74 Å². The number of aromatic nitrogens is 2. The SMILES string of the molecule is CCCC(=O)c1nc(Nc2ccc(N3CCN(C)CC3)cc2)ncc1C(=O)OCC. The molecule has 1 aromatic carbocycles. The molecule has 0 atom stereocenters. The summed E-state index contributed by atoms with van der Waals surface area (Å²) in [6.45, 7) is 7.96. The monoisotopic (exact) mass is 411 g/mol. The summed E-state index contributed by atoms with van der Waals surface area (Å²) >= 11 is 0. The largest absolute Gasteiger partial charge is 0.462 e. The number of likely N-dealkylation sites (N-methyl/N-ethyl adjacent to an activating group) is 1. The standard InChI is InChI=1S/C22H29N5O3/c1-4-6-19(28)20-18(21(29)30-5-2)15-23-22(25-20)24-16-7-9-17(10-8-16)27-13-11-26(3)12-14-27/h7-10,15H,4-6,11-14H2,1-3H3,(H,23,24,25). The molecular weight excluding hydrogens is 382 g/mol. The molecular formula is C22H29N5O3. The van der Waals surface area contributed by atoms with E-state index in [2.05, 4.69) is 44.3 Å². The van der Waals surface area contributed by atoms with Gasteiger partial charge in [0.05, 0.1) is 6.61 Å². The number of hydrogen-bond acceptors (Lipinski definition) is 8. The zero-order chi connectivity index (χ0) is 21.5. The van der Waals surface area contributed by atoms with E-state index < -0.39 is 5.97 Å². The molecule has 0 radical (unpaired) electrons. The highest BCUT2D eigenvalue weighted by atomic mass is 16.5. The predicted molar refractivity (Wildman–Crippen MR) is 117 cm³/mol. The van der Waals surface area contributed by atoms with Gasteiger partial charge in [-0.1, -0.05) is 6.92 Å². The molecule has 8 heteroatoms. The lowest BCUT2D eigenvalue weighted by molar-refractivity contribution is 0.0521. The number of hydrogen-bond donors (Lipinski definition) is 1. The quantitative estimate of drug-likeness (QED) is 0.524. The fourth-order valence-electron chi connectivity index (χ4n) is 3.31. The zero-order valence-electron chi connectivity index (χ0n) is 17.9. The minimum absolute atomic E-state index is 0.0989. The number of nitrogens with zero attached hydrogens (tertiary/aromatic N) is 4. The molecule has 3 rings (SSSR count). The van der Waals surface area contributed by atoms with Crippen molar-refractivity contribution in [2.75, 3.05) is 50.1 Å². The van der Waals surface area contributed by atoms with Crippen LogP contribution in [0.4, 0.5) is 17.3 Å². The van der Waals surface area contributed by atoms with Crippen molar-refractivity contribution in [2.45, 2.75) is 26.7 Å². The summed E-state index contributed by atoms with van der Waals surface area (Å²) in [6, 6.07) is 8.04. The number of esters is 1. The van der Waals surface area contributed by atoms with Gasteiger partial charge in [-0.2, -0.15) is 0 Å². The van der Waals surface area contributed by atoms with E-state index in [0.717, 1.165) is 31.9 Å². The van der Waals surface area contributed by atoms with Crippen LogP contribution in [0.3, 0.4) is 0 Å². The van der Waals surface area contributed by atoms with Gasteiger partial charge < -0.3 is 19.9 Å². The van der Waals surface area contributed by atoms with Crippen molar-refractivity contribution in [1.82, 2.24) is 14.9 Å². The van der Waals surface area contributed by atoms with Crippen molar-refractivity contribution in [3.8, 4) is 0 Å². The van der Waals surface area contributed by atoms with E-state index in [1.54, 1.807) is 6.92 Å². The summed E-state index contributed by atoms with van der Waals surface area (Å²) < 4.78 is 5.03. The Kier molecular flexibility index (Phi) is 7.35. The minimum Gasteiger partial charge on any atom is -0.462 e. The molecule has 0 bridgehead atoms. The average molecular weight is 412 g/mol. The molecule has 1 aliphatic heterocycles. The number of benzene rings is 1. The van der Waals surface area contributed by atoms with E-state index in [1.165, 1.54) is 11.9 Å². The number of ether oxygens (including phenoxy) is 1. The minimum atomic E-state index is -0.583. The first-order chi connectivity index (χ1) is 14.5. The Balaban J connectivity index is 1.76. The Morgan fingerprint density at radius 3 is 2.43 bits per heavy atom. The van der Waals surface area contributed by atoms with E-state index >= 15 is 0 Å². The van der Waals surface area contributed by atoms with E-state index in [1.807, 2.05) is 19.1 Å². The predicted octanol–water partition coefficient (Wildman–Crippen LogP) is 3.13. The lowest BCUT2D eigenvalue weighted by Crippen LogP contribution is -2.44. The van der Waals surface area contributed by atoms with Crippen LogP contribution in [0.5, 0.6) is 0 Å². The highest BCUT2D eigenvalue weighted by molar-refractivity contribution is 6.04. The van der Waals surface area contributed by atoms with E-state index in [-0.39, 0.29) is 29.6 Å². The number of carbonyl (C=O) groups excluding carboxylic acids is 2. The molecule has 2 heterocycles. The topological polar surface area (TPSA) is 87.7 Å². The number of carbonyl (C=O) groups is 2. The van der Waals surface area contributed by atoms with Crippen LogP contribution in [-0.2, 0) is 4.74 Å². The second-order valence-electron chi connectivity index (χ2n) is 7.31. The van der Waals surface area contributed by atoms with Crippen LogP contribution in [0.15, 0.2) is 30.5 Å². The molecule has 0 spiro atoms. The van der Waals surface area contributed by atoms with Crippen LogP contribution in [-0.4, -0.2) is 66.5 Å². The fourth-order valence-corrected chi connectivity index (χ4v) is 3.31. The highest BCUT2D eigenvalue weighted by Crippen LogP contribution is 2.22. The lowest BCUT2D eigenvalue weighted by Gasteiger charge is -2.34. The van der Waals surface area contributed by atoms with Crippen LogP contribution < -0.4 is 10.2 Å². The smallest absolute Gasteiger partial charge is 0.342 e. The molecule has 2 aromatic rings. The van der Waals surface area contributed by atoms with E-state index in [0.29, 0.717) is 12.8 Å². The molecule has 8 nitrogen and oxygen atoms in total. The summed E-state index contributed by atoms with van der Waals surface area (Å²) in [5.41, 5.74) is 2.19. The van der Waals surface area contributed by atoms with Gasteiger partial charge in [0.2, 0.25) is 5.95 Å². The van der Waals surface area contributed by atoms with Gasteiger partial charge in [-0.3, -0.25) is 4.79 Å². The number of ketones is 1. The summed E-state index contributed by atoms with van der Waals surface area (Å²) in [4.78, 5) is 37.9. The third kappa shape index (κ3) is 5.33. The molecule has 0 unspecified atom stereocenters. The van der Waals surface area contributed by atoms with Gasteiger partial charge in [0.25, 0.3) is 0 Å². The number of rotatable bonds is 8. The molecule has 0 amide bonds. The summed E-state index contributed by atoms with van der Waals surface area (Å²) in [5.74, 6) is -0.508. The molecule has 30 heavy (non-hydrogen) atoms.